The number of carboxylic acids is 1. The van der Waals surface area contributed by atoms with Gasteiger partial charge in [0.2, 0.25) is 0 Å². The Morgan fingerprint density at radius 1 is 1.08 bits per heavy atom. The lowest BCUT2D eigenvalue weighted by atomic mass is 10.0. The second-order valence-corrected chi connectivity index (χ2v) is 8.96. The lowest BCUT2D eigenvalue weighted by Gasteiger charge is -2.19. The SMILES string of the molecule is Cc1c(-c2cc(C(=O)O)c3c(O[C@@H](C)c4ccc5nc[nH]c5c4)ccc(C)c3n2)oc2ccccc12. The Bertz CT molecular complexity index is 1800. The zero-order valence-electron chi connectivity index (χ0n) is 20.0. The molecule has 0 bridgehead atoms. The van der Waals surface area contributed by atoms with Gasteiger partial charge in [-0.1, -0.05) is 30.3 Å². The van der Waals surface area contributed by atoms with E-state index in [4.69, 9.17) is 14.1 Å². The minimum Gasteiger partial charge on any atom is -0.485 e. The van der Waals surface area contributed by atoms with Crippen molar-refractivity contribution < 1.29 is 19.1 Å². The molecule has 0 saturated heterocycles. The van der Waals surface area contributed by atoms with E-state index in [-0.39, 0.29) is 11.7 Å². The van der Waals surface area contributed by atoms with Crippen molar-refractivity contribution in [1.29, 1.82) is 0 Å². The number of aromatic amines is 1. The summed E-state index contributed by atoms with van der Waals surface area (Å²) in [6.07, 6.45) is 1.32. The first-order valence-electron chi connectivity index (χ1n) is 11.7. The first-order valence-corrected chi connectivity index (χ1v) is 11.7. The zero-order chi connectivity index (χ0) is 25.0. The van der Waals surface area contributed by atoms with E-state index in [1.54, 1.807) is 12.4 Å². The molecule has 2 N–H and O–H groups in total. The van der Waals surface area contributed by atoms with Crippen LogP contribution in [0.15, 0.2) is 71.4 Å². The smallest absolute Gasteiger partial charge is 0.336 e. The van der Waals surface area contributed by atoms with Gasteiger partial charge >= 0.3 is 5.97 Å². The van der Waals surface area contributed by atoms with E-state index < -0.39 is 5.97 Å². The van der Waals surface area contributed by atoms with E-state index in [1.807, 2.05) is 75.4 Å². The van der Waals surface area contributed by atoms with Gasteiger partial charge < -0.3 is 19.2 Å². The summed E-state index contributed by atoms with van der Waals surface area (Å²) < 4.78 is 12.4. The number of furan rings is 1. The number of aryl methyl sites for hydroxylation is 2. The first kappa shape index (κ1) is 21.9. The number of aromatic nitrogens is 3. The number of carbonyl (C=O) groups is 1. The van der Waals surface area contributed by atoms with Gasteiger partial charge in [0, 0.05) is 10.9 Å². The summed E-state index contributed by atoms with van der Waals surface area (Å²) in [6.45, 7) is 5.80. The summed E-state index contributed by atoms with van der Waals surface area (Å²) in [5.41, 5.74) is 6.40. The van der Waals surface area contributed by atoms with Crippen molar-refractivity contribution in [2.24, 2.45) is 0 Å². The highest BCUT2D eigenvalue weighted by atomic mass is 16.5. The fourth-order valence-corrected chi connectivity index (χ4v) is 4.71. The van der Waals surface area contributed by atoms with Crippen molar-refractivity contribution in [3.63, 3.8) is 0 Å². The van der Waals surface area contributed by atoms with Gasteiger partial charge in [-0.25, -0.2) is 14.8 Å². The second-order valence-electron chi connectivity index (χ2n) is 8.96. The molecule has 0 spiro atoms. The molecule has 3 aromatic heterocycles. The number of hydrogen-bond donors (Lipinski definition) is 2. The molecule has 0 amide bonds. The molecule has 0 aliphatic rings. The molecule has 7 heteroatoms. The number of benzene rings is 3. The van der Waals surface area contributed by atoms with Crippen LogP contribution in [0, 0.1) is 13.8 Å². The molecule has 0 aliphatic heterocycles. The Balaban J connectivity index is 1.49. The molecule has 0 unspecified atom stereocenters. The number of fused-ring (bicyclic) bond motifs is 3. The van der Waals surface area contributed by atoms with Gasteiger partial charge in [0.05, 0.1) is 33.8 Å². The van der Waals surface area contributed by atoms with Crippen LogP contribution in [0.2, 0.25) is 0 Å². The van der Waals surface area contributed by atoms with Gasteiger partial charge in [-0.15, -0.1) is 0 Å². The third-order valence-electron chi connectivity index (χ3n) is 6.65. The van der Waals surface area contributed by atoms with Gasteiger partial charge in [-0.2, -0.15) is 0 Å². The fourth-order valence-electron chi connectivity index (χ4n) is 4.71. The average Bonchev–Trinajstić information content (AvgIpc) is 3.49. The molecule has 0 fully saturated rings. The largest absolute Gasteiger partial charge is 0.485 e. The molecule has 6 aromatic rings. The van der Waals surface area contributed by atoms with Crippen LogP contribution in [0.5, 0.6) is 5.75 Å². The number of pyridine rings is 1. The van der Waals surface area contributed by atoms with Crippen LogP contribution in [0.4, 0.5) is 0 Å². The van der Waals surface area contributed by atoms with Crippen molar-refractivity contribution in [3.05, 3.63) is 89.2 Å². The maximum atomic E-state index is 12.5. The Labute approximate surface area is 206 Å². The number of H-pyrrole nitrogens is 1. The monoisotopic (exact) mass is 477 g/mol. The number of ether oxygens (including phenoxy) is 1. The van der Waals surface area contributed by atoms with E-state index >= 15 is 0 Å². The molecule has 0 aliphatic carbocycles. The van der Waals surface area contributed by atoms with Crippen LogP contribution in [-0.4, -0.2) is 26.0 Å². The molecular formula is C29H23N3O4. The minimum atomic E-state index is -1.06. The quantitative estimate of drug-likeness (QED) is 0.278. The van der Waals surface area contributed by atoms with E-state index in [0.717, 1.165) is 38.7 Å². The molecule has 3 aromatic carbocycles. The van der Waals surface area contributed by atoms with E-state index in [0.29, 0.717) is 28.1 Å². The van der Waals surface area contributed by atoms with Crippen molar-refractivity contribution >= 4 is 38.9 Å². The van der Waals surface area contributed by atoms with Gasteiger partial charge in [-0.3, -0.25) is 0 Å². The van der Waals surface area contributed by atoms with Crippen LogP contribution in [-0.2, 0) is 0 Å². The number of aromatic carboxylic acids is 1. The summed E-state index contributed by atoms with van der Waals surface area (Å²) in [4.78, 5) is 24.7. The summed E-state index contributed by atoms with van der Waals surface area (Å²) in [5, 5.41) is 11.6. The highest BCUT2D eigenvalue weighted by Gasteiger charge is 2.22. The summed E-state index contributed by atoms with van der Waals surface area (Å²) >= 11 is 0. The lowest BCUT2D eigenvalue weighted by Crippen LogP contribution is -2.07. The first-order chi connectivity index (χ1) is 17.4. The van der Waals surface area contributed by atoms with E-state index in [2.05, 4.69) is 9.97 Å². The van der Waals surface area contributed by atoms with Crippen molar-refractivity contribution in [1.82, 2.24) is 15.0 Å². The maximum Gasteiger partial charge on any atom is 0.336 e. The maximum absolute atomic E-state index is 12.5. The molecule has 3 heterocycles. The minimum absolute atomic E-state index is 0.116. The van der Waals surface area contributed by atoms with Gasteiger partial charge in [-0.05, 0) is 62.2 Å². The van der Waals surface area contributed by atoms with E-state index in [9.17, 15) is 9.90 Å². The Kier molecular flexibility index (Phi) is 5.00. The summed E-state index contributed by atoms with van der Waals surface area (Å²) in [7, 11) is 0. The number of nitrogens with zero attached hydrogens (tertiary/aromatic N) is 2. The predicted molar refractivity (Wildman–Crippen MR) is 139 cm³/mol. The van der Waals surface area contributed by atoms with Gasteiger partial charge in [0.15, 0.2) is 5.76 Å². The summed E-state index contributed by atoms with van der Waals surface area (Å²) in [6, 6.07) is 18.9. The van der Waals surface area contributed by atoms with Crippen molar-refractivity contribution in [2.75, 3.05) is 0 Å². The normalized spacial score (nSPS) is 12.4. The molecule has 0 saturated carbocycles. The highest BCUT2D eigenvalue weighted by Crippen LogP contribution is 2.38. The third-order valence-corrected chi connectivity index (χ3v) is 6.65. The molecule has 0 radical (unpaired) electrons. The van der Waals surface area contributed by atoms with Crippen LogP contribution < -0.4 is 4.74 Å². The van der Waals surface area contributed by atoms with Crippen molar-refractivity contribution in [2.45, 2.75) is 26.9 Å². The average molecular weight is 478 g/mol. The van der Waals surface area contributed by atoms with Gasteiger partial charge in [0.1, 0.15) is 23.1 Å². The fraction of sp³-hybridized carbons (Fsp3) is 0.138. The Morgan fingerprint density at radius 2 is 1.92 bits per heavy atom. The van der Waals surface area contributed by atoms with Gasteiger partial charge in [0.25, 0.3) is 0 Å². The summed E-state index contributed by atoms with van der Waals surface area (Å²) in [5.74, 6) is -0.0301. The van der Waals surface area contributed by atoms with E-state index in [1.165, 1.54) is 0 Å². The number of para-hydroxylation sites is 1. The molecule has 1 atom stereocenters. The Hall–Kier alpha value is -4.65. The van der Waals surface area contributed by atoms with Crippen LogP contribution >= 0.6 is 0 Å². The van der Waals surface area contributed by atoms with Crippen LogP contribution in [0.1, 0.15) is 40.1 Å². The molecular weight excluding hydrogens is 454 g/mol. The number of rotatable bonds is 5. The number of hydrogen-bond acceptors (Lipinski definition) is 5. The molecule has 36 heavy (non-hydrogen) atoms. The zero-order valence-corrected chi connectivity index (χ0v) is 20.0. The highest BCUT2D eigenvalue weighted by molar-refractivity contribution is 6.07. The number of nitrogens with one attached hydrogen (secondary N) is 1. The standard InChI is InChI=1S/C29H23N3O4/c1-15-8-11-25(35-17(3)18-9-10-21-22(12-18)31-14-30-21)26-20(29(33)34)13-23(32-27(15)26)28-16(2)19-6-4-5-7-24(19)36-28/h4-14,17H,1-3H3,(H,30,31)(H,33,34)/t17-/m0/s1. The lowest BCUT2D eigenvalue weighted by molar-refractivity contribution is 0.0698. The number of carboxylic acid groups (broad SMARTS) is 1. The van der Waals surface area contributed by atoms with Crippen LogP contribution in [0.25, 0.3) is 44.4 Å². The predicted octanol–water partition coefficient (Wildman–Crippen LogP) is 6.98. The Morgan fingerprint density at radius 3 is 2.72 bits per heavy atom. The molecule has 6 rings (SSSR count). The van der Waals surface area contributed by atoms with Crippen LogP contribution in [0.3, 0.4) is 0 Å². The topological polar surface area (TPSA) is 101 Å². The third kappa shape index (κ3) is 3.48. The second kappa shape index (κ2) is 8.23. The molecule has 178 valence electrons. The number of imidazole rings is 1. The van der Waals surface area contributed by atoms with Crippen molar-refractivity contribution in [3.8, 4) is 17.2 Å². The molecule has 7 nitrogen and oxygen atoms in total.